The van der Waals surface area contributed by atoms with Crippen LogP contribution in [0.3, 0.4) is 0 Å². The van der Waals surface area contributed by atoms with Crippen LogP contribution in [0, 0.1) is 0 Å². The summed E-state index contributed by atoms with van der Waals surface area (Å²) in [5.74, 6) is 0.164. The molecule has 1 aromatic heterocycles. The molecule has 260 valence electrons. The SMILES string of the molecule is CNS(=O)(=O)c1ccc(C(C)=NNc2cc(NN=C(C)c3ccc(S(=O)(=O)NC)cc3)nc(Nc3cc(C(F)(F)F)ccc3OC)n2)cc1. The zero-order chi connectivity index (χ0) is 36.0. The summed E-state index contributed by atoms with van der Waals surface area (Å²) < 4.78 is 98.4. The molecule has 1 heterocycles. The Kier molecular flexibility index (Phi) is 11.2. The fourth-order valence-electron chi connectivity index (χ4n) is 4.12. The average molecular weight is 720 g/mol. The molecule has 0 unspecified atom stereocenters. The van der Waals surface area contributed by atoms with Gasteiger partial charge < -0.3 is 10.1 Å². The fraction of sp³-hybridized carbons (Fsp3) is 0.200. The molecule has 0 saturated heterocycles. The first-order valence-electron chi connectivity index (χ1n) is 14.2. The highest BCUT2D eigenvalue weighted by Gasteiger charge is 2.31. The lowest BCUT2D eigenvalue weighted by Gasteiger charge is -2.15. The van der Waals surface area contributed by atoms with Gasteiger partial charge >= 0.3 is 6.18 Å². The summed E-state index contributed by atoms with van der Waals surface area (Å²) in [7, 11) is -3.35. The number of ether oxygens (including phenoxy) is 1. The first-order chi connectivity index (χ1) is 23.1. The summed E-state index contributed by atoms with van der Waals surface area (Å²) in [4.78, 5) is 8.80. The van der Waals surface area contributed by atoms with E-state index in [-0.39, 0.29) is 38.8 Å². The molecule has 0 spiro atoms. The van der Waals surface area contributed by atoms with Crippen molar-refractivity contribution in [1.82, 2.24) is 19.4 Å². The molecule has 0 saturated carbocycles. The molecule has 5 N–H and O–H groups in total. The maximum absolute atomic E-state index is 13.5. The van der Waals surface area contributed by atoms with E-state index in [0.717, 1.165) is 18.2 Å². The zero-order valence-corrected chi connectivity index (χ0v) is 28.3. The van der Waals surface area contributed by atoms with E-state index >= 15 is 0 Å². The molecule has 0 radical (unpaired) electrons. The molecule has 0 aliphatic carbocycles. The van der Waals surface area contributed by atoms with Crippen molar-refractivity contribution in [3.05, 3.63) is 89.5 Å². The number of hydrogen-bond donors (Lipinski definition) is 5. The maximum Gasteiger partial charge on any atom is 0.416 e. The molecule has 4 rings (SSSR count). The molecule has 19 heteroatoms. The summed E-state index contributed by atoms with van der Waals surface area (Å²) in [5.41, 5.74) is 6.66. The minimum absolute atomic E-state index is 0.0620. The van der Waals surface area contributed by atoms with Gasteiger partial charge in [0, 0.05) is 6.07 Å². The van der Waals surface area contributed by atoms with E-state index in [9.17, 15) is 30.0 Å². The Balaban J connectivity index is 1.67. The lowest BCUT2D eigenvalue weighted by atomic mass is 10.1. The number of halogens is 3. The summed E-state index contributed by atoms with van der Waals surface area (Å²) >= 11 is 0. The van der Waals surface area contributed by atoms with Crippen molar-refractivity contribution in [1.29, 1.82) is 0 Å². The predicted octanol–water partition coefficient (Wildman–Crippen LogP) is 4.74. The summed E-state index contributed by atoms with van der Waals surface area (Å²) in [6.07, 6.45) is -4.62. The molecule has 0 bridgehead atoms. The van der Waals surface area contributed by atoms with Crippen molar-refractivity contribution < 1.29 is 34.7 Å². The van der Waals surface area contributed by atoms with Crippen LogP contribution in [0.4, 0.5) is 36.4 Å². The van der Waals surface area contributed by atoms with E-state index < -0.39 is 31.8 Å². The minimum atomic E-state index is -4.62. The molecular weight excluding hydrogens is 688 g/mol. The van der Waals surface area contributed by atoms with Gasteiger partial charge in [0.25, 0.3) is 0 Å². The van der Waals surface area contributed by atoms with Crippen LogP contribution < -0.4 is 30.3 Å². The highest BCUT2D eigenvalue weighted by atomic mass is 32.2. The minimum Gasteiger partial charge on any atom is -0.495 e. The molecule has 14 nitrogen and oxygen atoms in total. The maximum atomic E-state index is 13.5. The lowest BCUT2D eigenvalue weighted by molar-refractivity contribution is -0.137. The van der Waals surface area contributed by atoms with Crippen molar-refractivity contribution in [3.63, 3.8) is 0 Å². The monoisotopic (exact) mass is 719 g/mol. The van der Waals surface area contributed by atoms with E-state index in [1.165, 1.54) is 51.5 Å². The molecule has 0 amide bonds. The first-order valence-corrected chi connectivity index (χ1v) is 17.1. The van der Waals surface area contributed by atoms with Crippen LogP contribution in [0.5, 0.6) is 5.75 Å². The topological polar surface area (TPSA) is 188 Å². The Hall–Kier alpha value is -5.11. The fourth-order valence-corrected chi connectivity index (χ4v) is 5.58. The van der Waals surface area contributed by atoms with Gasteiger partial charge in [-0.25, -0.2) is 26.3 Å². The van der Waals surface area contributed by atoms with Crippen molar-refractivity contribution >= 4 is 54.7 Å². The van der Waals surface area contributed by atoms with Gasteiger partial charge in [-0.05, 0) is 81.5 Å². The van der Waals surface area contributed by atoms with Crippen LogP contribution in [-0.2, 0) is 26.2 Å². The van der Waals surface area contributed by atoms with Crippen LogP contribution in [0.2, 0.25) is 0 Å². The smallest absolute Gasteiger partial charge is 0.416 e. The van der Waals surface area contributed by atoms with Gasteiger partial charge in [-0.3, -0.25) is 10.9 Å². The number of nitrogens with one attached hydrogen (secondary N) is 5. The second kappa shape index (κ2) is 15.0. The number of hydrogen-bond acceptors (Lipinski definition) is 12. The second-order valence-electron chi connectivity index (χ2n) is 10.1. The molecular formula is C30H32F3N9O5S2. The average Bonchev–Trinajstić information content (AvgIpc) is 3.09. The largest absolute Gasteiger partial charge is 0.495 e. The number of aromatic nitrogens is 2. The number of methoxy groups -OCH3 is 1. The zero-order valence-electron chi connectivity index (χ0n) is 26.7. The van der Waals surface area contributed by atoms with E-state index in [4.69, 9.17) is 4.74 Å². The number of hydrazone groups is 2. The van der Waals surface area contributed by atoms with Crippen LogP contribution in [-0.4, -0.2) is 59.4 Å². The Morgan fingerprint density at radius 3 is 1.55 bits per heavy atom. The normalized spacial score (nSPS) is 12.8. The lowest BCUT2D eigenvalue weighted by Crippen LogP contribution is -2.18. The van der Waals surface area contributed by atoms with Gasteiger partial charge in [-0.2, -0.15) is 33.3 Å². The standard InChI is InChI=1S/C30H32F3N9O5S2/c1-18(20-6-11-23(12-7-20)48(43,44)34-3)39-41-27-17-28(42-40-19(2)21-8-13-24(14-9-21)49(45,46)35-4)38-29(37-27)36-25-16-22(30(31,32)33)10-15-26(25)47-5/h6-17,34-35H,1-5H3,(H3,36,37,38,41,42). The quantitative estimate of drug-likeness (QED) is 0.0955. The molecule has 0 aliphatic heterocycles. The van der Waals surface area contributed by atoms with Gasteiger partial charge in [0.1, 0.15) is 5.75 Å². The summed E-state index contributed by atoms with van der Waals surface area (Å²) in [6.45, 7) is 3.34. The van der Waals surface area contributed by atoms with Gasteiger partial charge in [-0.1, -0.05) is 24.3 Å². The van der Waals surface area contributed by atoms with E-state index in [0.29, 0.717) is 22.6 Å². The van der Waals surface area contributed by atoms with Gasteiger partial charge in [0.05, 0.1) is 39.6 Å². The number of sulfonamides is 2. The third kappa shape index (κ3) is 9.28. The molecule has 0 aliphatic rings. The highest BCUT2D eigenvalue weighted by Crippen LogP contribution is 2.36. The highest BCUT2D eigenvalue weighted by molar-refractivity contribution is 7.89. The third-order valence-corrected chi connectivity index (χ3v) is 9.74. The van der Waals surface area contributed by atoms with Crippen molar-refractivity contribution in [2.75, 3.05) is 37.4 Å². The summed E-state index contributed by atoms with van der Waals surface area (Å²) in [5, 5.41) is 11.4. The Bertz CT molecular complexity index is 1980. The van der Waals surface area contributed by atoms with Gasteiger partial charge in [0.2, 0.25) is 26.0 Å². The van der Waals surface area contributed by atoms with Crippen LogP contribution in [0.15, 0.2) is 92.8 Å². The Labute approximate surface area is 281 Å². The van der Waals surface area contributed by atoms with Gasteiger partial charge in [-0.15, -0.1) is 0 Å². The number of nitrogens with zero attached hydrogens (tertiary/aromatic N) is 4. The molecule has 49 heavy (non-hydrogen) atoms. The number of rotatable bonds is 13. The Morgan fingerprint density at radius 2 is 1.16 bits per heavy atom. The molecule has 3 aromatic carbocycles. The van der Waals surface area contributed by atoms with Crippen molar-refractivity contribution in [3.8, 4) is 5.75 Å². The Morgan fingerprint density at radius 1 is 0.714 bits per heavy atom. The predicted molar refractivity (Wildman–Crippen MR) is 180 cm³/mol. The van der Waals surface area contributed by atoms with Gasteiger partial charge in [0.15, 0.2) is 11.6 Å². The van der Waals surface area contributed by atoms with E-state index in [1.54, 1.807) is 38.1 Å². The number of benzene rings is 3. The van der Waals surface area contributed by atoms with Crippen LogP contribution in [0.1, 0.15) is 30.5 Å². The summed E-state index contributed by atoms with van der Waals surface area (Å²) in [6, 6.07) is 16.3. The number of alkyl halides is 3. The van der Waals surface area contributed by atoms with Crippen LogP contribution >= 0.6 is 0 Å². The van der Waals surface area contributed by atoms with E-state index in [1.807, 2.05) is 0 Å². The molecule has 0 atom stereocenters. The van der Waals surface area contributed by atoms with E-state index in [2.05, 4.69) is 45.8 Å². The third-order valence-electron chi connectivity index (χ3n) is 6.88. The van der Waals surface area contributed by atoms with Crippen molar-refractivity contribution in [2.45, 2.75) is 29.8 Å². The van der Waals surface area contributed by atoms with Crippen molar-refractivity contribution in [2.24, 2.45) is 10.2 Å². The number of anilines is 4. The molecule has 0 fully saturated rings. The first kappa shape index (κ1) is 36.7. The van der Waals surface area contributed by atoms with Crippen LogP contribution in [0.25, 0.3) is 0 Å². The second-order valence-corrected chi connectivity index (χ2v) is 13.9. The molecule has 4 aromatic rings.